The second-order valence-electron chi connectivity index (χ2n) is 6.62. The second kappa shape index (κ2) is 7.81. The first kappa shape index (κ1) is 18.7. The summed E-state index contributed by atoms with van der Waals surface area (Å²) >= 11 is 0. The van der Waals surface area contributed by atoms with Crippen LogP contribution in [0.1, 0.15) is 47.5 Å². The molecule has 1 aliphatic heterocycles. The molecule has 1 rings (SSSR count). The van der Waals surface area contributed by atoms with Crippen molar-refractivity contribution < 1.29 is 23.8 Å². The highest BCUT2D eigenvalue weighted by atomic mass is 16.6. The van der Waals surface area contributed by atoms with Gasteiger partial charge in [0.15, 0.2) is 0 Å². The van der Waals surface area contributed by atoms with Crippen molar-refractivity contribution in [2.24, 2.45) is 5.92 Å². The van der Waals surface area contributed by atoms with E-state index in [-0.39, 0.29) is 18.1 Å². The summed E-state index contributed by atoms with van der Waals surface area (Å²) in [5.74, 6) is -0.733. The molecule has 1 saturated heterocycles. The van der Waals surface area contributed by atoms with Crippen molar-refractivity contribution in [2.75, 3.05) is 20.3 Å². The fourth-order valence-corrected chi connectivity index (χ4v) is 2.78. The van der Waals surface area contributed by atoms with Gasteiger partial charge in [0.05, 0.1) is 24.7 Å². The summed E-state index contributed by atoms with van der Waals surface area (Å²) in [7, 11) is 1.56. The lowest BCUT2D eigenvalue weighted by molar-refractivity contribution is -0.154. The van der Waals surface area contributed by atoms with Gasteiger partial charge < -0.3 is 19.1 Å². The number of hydrogen-bond acceptors (Lipinski definition) is 5. The SMILES string of the molecule is CCOC(=O)C(C)C(OC)C1CCCN1C(=O)OC(C)(C)C. The van der Waals surface area contributed by atoms with Gasteiger partial charge in [0.2, 0.25) is 0 Å². The molecular formula is C16H29NO5. The van der Waals surface area contributed by atoms with Crippen LogP contribution >= 0.6 is 0 Å². The highest BCUT2D eigenvalue weighted by molar-refractivity contribution is 5.73. The van der Waals surface area contributed by atoms with E-state index in [1.165, 1.54) is 0 Å². The molecule has 6 nitrogen and oxygen atoms in total. The number of likely N-dealkylation sites (tertiary alicyclic amines) is 1. The molecule has 6 heteroatoms. The Kier molecular flexibility index (Phi) is 6.66. The molecule has 1 heterocycles. The van der Waals surface area contributed by atoms with Crippen LogP contribution < -0.4 is 0 Å². The molecule has 22 heavy (non-hydrogen) atoms. The van der Waals surface area contributed by atoms with Crippen molar-refractivity contribution in [2.45, 2.75) is 65.2 Å². The largest absolute Gasteiger partial charge is 0.466 e. The molecule has 0 aromatic carbocycles. The Labute approximate surface area is 133 Å². The maximum absolute atomic E-state index is 12.3. The van der Waals surface area contributed by atoms with Crippen LogP contribution in [0.2, 0.25) is 0 Å². The molecule has 128 valence electrons. The molecule has 0 aromatic rings. The quantitative estimate of drug-likeness (QED) is 0.730. The van der Waals surface area contributed by atoms with Gasteiger partial charge in [0.25, 0.3) is 0 Å². The van der Waals surface area contributed by atoms with E-state index in [4.69, 9.17) is 14.2 Å². The number of rotatable bonds is 5. The molecule has 0 bridgehead atoms. The third kappa shape index (κ3) is 4.87. The lowest BCUT2D eigenvalue weighted by atomic mass is 9.96. The van der Waals surface area contributed by atoms with E-state index in [1.807, 2.05) is 20.8 Å². The normalized spacial score (nSPS) is 21.4. The zero-order valence-corrected chi connectivity index (χ0v) is 14.5. The van der Waals surface area contributed by atoms with Crippen molar-refractivity contribution in [1.29, 1.82) is 0 Å². The summed E-state index contributed by atoms with van der Waals surface area (Å²) in [5.41, 5.74) is -0.542. The molecule has 3 atom stereocenters. The van der Waals surface area contributed by atoms with Gasteiger partial charge >= 0.3 is 12.1 Å². The number of carbonyl (C=O) groups excluding carboxylic acids is 2. The third-order valence-electron chi connectivity index (χ3n) is 3.73. The Morgan fingerprint density at radius 3 is 2.45 bits per heavy atom. The van der Waals surface area contributed by atoms with Gasteiger partial charge in [-0.25, -0.2) is 4.79 Å². The Morgan fingerprint density at radius 2 is 1.95 bits per heavy atom. The zero-order chi connectivity index (χ0) is 16.9. The van der Waals surface area contributed by atoms with Crippen LogP contribution in [0.15, 0.2) is 0 Å². The Bertz CT molecular complexity index is 390. The van der Waals surface area contributed by atoms with Gasteiger partial charge in [-0.3, -0.25) is 4.79 Å². The van der Waals surface area contributed by atoms with Gasteiger partial charge in [0, 0.05) is 13.7 Å². The number of carbonyl (C=O) groups is 2. The number of esters is 1. The molecule has 0 aliphatic carbocycles. The van der Waals surface area contributed by atoms with Crippen molar-refractivity contribution in [3.05, 3.63) is 0 Å². The summed E-state index contributed by atoms with van der Waals surface area (Å²) in [6.07, 6.45) is 0.919. The lowest BCUT2D eigenvalue weighted by Gasteiger charge is -2.34. The summed E-state index contributed by atoms with van der Waals surface area (Å²) in [5, 5.41) is 0. The minimum atomic E-state index is -0.542. The van der Waals surface area contributed by atoms with Crippen LogP contribution in [0.3, 0.4) is 0 Å². The monoisotopic (exact) mass is 315 g/mol. The number of methoxy groups -OCH3 is 1. The topological polar surface area (TPSA) is 65.1 Å². The van der Waals surface area contributed by atoms with Crippen LogP contribution in [0.5, 0.6) is 0 Å². The van der Waals surface area contributed by atoms with Crippen molar-refractivity contribution in [1.82, 2.24) is 4.90 Å². The van der Waals surface area contributed by atoms with Gasteiger partial charge in [0.1, 0.15) is 5.60 Å². The molecule has 0 N–H and O–H groups in total. The van der Waals surface area contributed by atoms with Crippen molar-refractivity contribution >= 4 is 12.1 Å². The van der Waals surface area contributed by atoms with Gasteiger partial charge in [-0.15, -0.1) is 0 Å². The van der Waals surface area contributed by atoms with E-state index in [2.05, 4.69) is 0 Å². The first-order valence-corrected chi connectivity index (χ1v) is 7.90. The number of hydrogen-bond donors (Lipinski definition) is 0. The minimum absolute atomic E-state index is 0.167. The zero-order valence-electron chi connectivity index (χ0n) is 14.5. The minimum Gasteiger partial charge on any atom is -0.466 e. The fraction of sp³-hybridized carbons (Fsp3) is 0.875. The van der Waals surface area contributed by atoms with E-state index in [9.17, 15) is 9.59 Å². The first-order chi connectivity index (χ1) is 10.2. The maximum atomic E-state index is 12.3. The summed E-state index contributed by atoms with van der Waals surface area (Å²) < 4.78 is 16.0. The summed E-state index contributed by atoms with van der Waals surface area (Å²) in [6.45, 7) is 10.0. The average molecular weight is 315 g/mol. The predicted octanol–water partition coefficient (Wildman–Crippen LogP) is 2.60. The smallest absolute Gasteiger partial charge is 0.410 e. The standard InChI is InChI=1S/C16H29NO5/c1-7-21-14(18)11(2)13(20-6)12-9-8-10-17(12)15(19)22-16(3,4)5/h11-13H,7-10H2,1-6H3. The third-order valence-corrected chi connectivity index (χ3v) is 3.73. The molecule has 3 unspecified atom stereocenters. The second-order valence-corrected chi connectivity index (χ2v) is 6.62. The Hall–Kier alpha value is -1.30. The van der Waals surface area contributed by atoms with E-state index >= 15 is 0 Å². The number of amides is 1. The molecule has 0 saturated carbocycles. The van der Waals surface area contributed by atoms with Crippen LogP contribution in [0.25, 0.3) is 0 Å². The molecule has 0 spiro atoms. The van der Waals surface area contributed by atoms with Crippen molar-refractivity contribution in [3.8, 4) is 0 Å². The lowest BCUT2D eigenvalue weighted by Crippen LogP contribution is -2.49. The van der Waals surface area contributed by atoms with Gasteiger partial charge in [-0.1, -0.05) is 0 Å². The number of nitrogens with zero attached hydrogens (tertiary/aromatic N) is 1. The van der Waals surface area contributed by atoms with Crippen LogP contribution in [-0.2, 0) is 19.0 Å². The first-order valence-electron chi connectivity index (χ1n) is 7.90. The van der Waals surface area contributed by atoms with Gasteiger partial charge in [-0.05, 0) is 47.5 Å². The van der Waals surface area contributed by atoms with E-state index in [0.29, 0.717) is 13.2 Å². The highest BCUT2D eigenvalue weighted by Crippen LogP contribution is 2.28. The van der Waals surface area contributed by atoms with Crippen LogP contribution in [0.4, 0.5) is 4.79 Å². The van der Waals surface area contributed by atoms with E-state index < -0.39 is 17.6 Å². The number of ether oxygens (including phenoxy) is 3. The van der Waals surface area contributed by atoms with Gasteiger partial charge in [-0.2, -0.15) is 0 Å². The average Bonchev–Trinajstić information content (AvgIpc) is 2.87. The fourth-order valence-electron chi connectivity index (χ4n) is 2.78. The Balaban J connectivity index is 2.82. The molecule has 0 aromatic heterocycles. The van der Waals surface area contributed by atoms with Crippen LogP contribution in [-0.4, -0.2) is 55.0 Å². The molecule has 1 amide bonds. The maximum Gasteiger partial charge on any atom is 0.410 e. The molecular weight excluding hydrogens is 286 g/mol. The summed E-state index contributed by atoms with van der Waals surface area (Å²) in [4.78, 5) is 26.0. The highest BCUT2D eigenvalue weighted by Gasteiger charge is 2.41. The Morgan fingerprint density at radius 1 is 1.32 bits per heavy atom. The predicted molar refractivity (Wildman–Crippen MR) is 82.6 cm³/mol. The molecule has 0 radical (unpaired) electrons. The van der Waals surface area contributed by atoms with E-state index in [1.54, 1.807) is 25.9 Å². The molecule has 1 fully saturated rings. The van der Waals surface area contributed by atoms with Crippen molar-refractivity contribution in [3.63, 3.8) is 0 Å². The van der Waals surface area contributed by atoms with E-state index in [0.717, 1.165) is 12.8 Å². The molecule has 1 aliphatic rings. The summed E-state index contributed by atoms with van der Waals surface area (Å²) in [6, 6.07) is -0.167. The van der Waals surface area contributed by atoms with Crippen LogP contribution in [0, 0.1) is 5.92 Å².